The number of carbonyl (C=O) groups is 4. The Kier molecular flexibility index (Phi) is 6.72. The normalized spacial score (nSPS) is 13.7. The lowest BCUT2D eigenvalue weighted by Crippen LogP contribution is -2.40. The molecule has 2 heterocycles. The molecule has 10 heteroatoms. The Morgan fingerprint density at radius 1 is 0.971 bits per heavy atom. The number of imide groups is 1. The Morgan fingerprint density at radius 3 is 2.23 bits per heavy atom. The van der Waals surface area contributed by atoms with E-state index in [2.05, 4.69) is 20.6 Å². The molecule has 2 aromatic carbocycles. The standard InChI is InChI=1S/C25H25N5O5/c1-14(2)21(25(34)35-3)29-22-17-10-6-7-11-18(17)27-19(28-22)12-26-20(31)13-30-23(32)15-8-4-5-9-16(15)24(30)33/h4-11,14,21H,12-13H2,1-3H3,(H,26,31)(H,27,28,29)/t21-/m0/s1. The van der Waals surface area contributed by atoms with Crippen LogP contribution in [0.5, 0.6) is 0 Å². The molecule has 2 N–H and O–H groups in total. The molecule has 35 heavy (non-hydrogen) atoms. The first-order valence-corrected chi connectivity index (χ1v) is 11.1. The highest BCUT2D eigenvalue weighted by Gasteiger charge is 2.36. The Hall–Kier alpha value is -4.34. The minimum Gasteiger partial charge on any atom is -0.467 e. The summed E-state index contributed by atoms with van der Waals surface area (Å²) in [6.07, 6.45) is 0. The van der Waals surface area contributed by atoms with Gasteiger partial charge in [-0.1, -0.05) is 38.1 Å². The molecule has 0 saturated carbocycles. The predicted molar refractivity (Wildman–Crippen MR) is 127 cm³/mol. The maximum atomic E-state index is 12.6. The number of hydrogen-bond acceptors (Lipinski definition) is 8. The van der Waals surface area contributed by atoms with E-state index in [4.69, 9.17) is 4.74 Å². The number of esters is 1. The molecule has 1 aromatic heterocycles. The van der Waals surface area contributed by atoms with Crippen LogP contribution in [0.25, 0.3) is 10.9 Å². The lowest BCUT2D eigenvalue weighted by molar-refractivity contribution is -0.142. The zero-order valence-corrected chi connectivity index (χ0v) is 19.6. The fourth-order valence-electron chi connectivity index (χ4n) is 3.85. The third kappa shape index (κ3) is 4.81. The summed E-state index contributed by atoms with van der Waals surface area (Å²) in [6.45, 7) is 3.32. The summed E-state index contributed by atoms with van der Waals surface area (Å²) in [4.78, 5) is 59.7. The summed E-state index contributed by atoms with van der Waals surface area (Å²) < 4.78 is 4.91. The lowest BCUT2D eigenvalue weighted by Gasteiger charge is -2.21. The summed E-state index contributed by atoms with van der Waals surface area (Å²) in [5.74, 6) is -1.29. The van der Waals surface area contributed by atoms with Gasteiger partial charge in [0.25, 0.3) is 11.8 Å². The zero-order valence-electron chi connectivity index (χ0n) is 19.6. The van der Waals surface area contributed by atoms with Gasteiger partial charge in [-0.05, 0) is 30.2 Å². The summed E-state index contributed by atoms with van der Waals surface area (Å²) in [5.41, 5.74) is 1.19. The number of benzene rings is 2. The van der Waals surface area contributed by atoms with E-state index in [-0.39, 0.29) is 23.6 Å². The molecule has 0 bridgehead atoms. The highest BCUT2D eigenvalue weighted by molar-refractivity contribution is 6.22. The van der Waals surface area contributed by atoms with Gasteiger partial charge in [-0.3, -0.25) is 19.3 Å². The number of methoxy groups -OCH3 is 1. The summed E-state index contributed by atoms with van der Waals surface area (Å²) in [7, 11) is 1.33. The van der Waals surface area contributed by atoms with Crippen LogP contribution in [0.15, 0.2) is 48.5 Å². The number of nitrogens with zero attached hydrogens (tertiary/aromatic N) is 3. The van der Waals surface area contributed by atoms with Gasteiger partial charge < -0.3 is 15.4 Å². The van der Waals surface area contributed by atoms with E-state index < -0.39 is 36.3 Å². The highest BCUT2D eigenvalue weighted by Crippen LogP contribution is 2.23. The second kappa shape index (κ2) is 9.88. The quantitative estimate of drug-likeness (QED) is 0.374. The molecule has 4 rings (SSSR count). The molecule has 3 amide bonds. The summed E-state index contributed by atoms with van der Waals surface area (Å²) in [5, 5.41) is 6.52. The Bertz CT molecular complexity index is 1290. The number of nitrogens with one attached hydrogen (secondary N) is 2. The number of fused-ring (bicyclic) bond motifs is 2. The molecule has 0 radical (unpaired) electrons. The fraction of sp³-hybridized carbons (Fsp3) is 0.280. The topological polar surface area (TPSA) is 131 Å². The number of amides is 3. The van der Waals surface area contributed by atoms with Crippen molar-refractivity contribution in [3.63, 3.8) is 0 Å². The third-order valence-electron chi connectivity index (χ3n) is 5.69. The molecule has 0 saturated heterocycles. The van der Waals surface area contributed by atoms with Gasteiger partial charge >= 0.3 is 5.97 Å². The van der Waals surface area contributed by atoms with Crippen molar-refractivity contribution in [3.05, 3.63) is 65.5 Å². The molecule has 3 aromatic rings. The van der Waals surface area contributed by atoms with Crippen molar-refractivity contribution in [1.82, 2.24) is 20.2 Å². The minimum atomic E-state index is -0.630. The van der Waals surface area contributed by atoms with Gasteiger partial charge in [0.15, 0.2) is 5.82 Å². The first-order valence-electron chi connectivity index (χ1n) is 11.1. The van der Waals surface area contributed by atoms with Crippen LogP contribution in [0.3, 0.4) is 0 Å². The van der Waals surface area contributed by atoms with Gasteiger partial charge in [-0.2, -0.15) is 0 Å². The molecule has 10 nitrogen and oxygen atoms in total. The van der Waals surface area contributed by atoms with E-state index in [0.29, 0.717) is 22.5 Å². The summed E-state index contributed by atoms with van der Waals surface area (Å²) >= 11 is 0. The largest absolute Gasteiger partial charge is 0.467 e. The summed E-state index contributed by atoms with van der Waals surface area (Å²) in [6, 6.07) is 13.1. The minimum absolute atomic E-state index is 0.0356. The van der Waals surface area contributed by atoms with Crippen LogP contribution in [0, 0.1) is 5.92 Å². The number of rotatable bonds is 8. The van der Waals surface area contributed by atoms with Gasteiger partial charge in [-0.15, -0.1) is 0 Å². The van der Waals surface area contributed by atoms with E-state index in [0.717, 1.165) is 4.90 Å². The Morgan fingerprint density at radius 2 is 1.60 bits per heavy atom. The highest BCUT2D eigenvalue weighted by atomic mass is 16.5. The van der Waals surface area contributed by atoms with Crippen LogP contribution >= 0.6 is 0 Å². The van der Waals surface area contributed by atoms with Gasteiger partial charge in [-0.25, -0.2) is 14.8 Å². The first kappa shape index (κ1) is 23.8. The molecule has 1 atom stereocenters. The third-order valence-corrected chi connectivity index (χ3v) is 5.69. The van der Waals surface area contributed by atoms with Gasteiger partial charge in [0.05, 0.1) is 30.3 Å². The Labute approximate surface area is 201 Å². The van der Waals surface area contributed by atoms with Crippen LogP contribution in [0.2, 0.25) is 0 Å². The predicted octanol–water partition coefficient (Wildman–Crippen LogP) is 2.15. The van der Waals surface area contributed by atoms with Crippen molar-refractivity contribution in [3.8, 4) is 0 Å². The van der Waals surface area contributed by atoms with E-state index in [1.807, 2.05) is 32.0 Å². The lowest BCUT2D eigenvalue weighted by atomic mass is 10.0. The van der Waals surface area contributed by atoms with E-state index in [9.17, 15) is 19.2 Å². The molecule has 0 spiro atoms. The monoisotopic (exact) mass is 475 g/mol. The number of aromatic nitrogens is 2. The molecule has 0 fully saturated rings. The fourth-order valence-corrected chi connectivity index (χ4v) is 3.85. The molecule has 1 aliphatic heterocycles. The van der Waals surface area contributed by atoms with Crippen LogP contribution in [0.4, 0.5) is 5.82 Å². The first-order chi connectivity index (χ1) is 16.8. The molecule has 0 unspecified atom stereocenters. The van der Waals surface area contributed by atoms with Gasteiger partial charge in [0.2, 0.25) is 5.91 Å². The molecular weight excluding hydrogens is 450 g/mol. The van der Waals surface area contributed by atoms with Gasteiger partial charge in [0, 0.05) is 5.39 Å². The average molecular weight is 476 g/mol. The number of para-hydroxylation sites is 1. The molecular formula is C25H25N5O5. The van der Waals surface area contributed by atoms with Crippen molar-refractivity contribution < 1.29 is 23.9 Å². The second-order valence-electron chi connectivity index (χ2n) is 8.41. The van der Waals surface area contributed by atoms with Crippen LogP contribution < -0.4 is 10.6 Å². The van der Waals surface area contributed by atoms with E-state index in [1.54, 1.807) is 30.3 Å². The number of ether oxygens (including phenoxy) is 1. The Balaban J connectivity index is 1.50. The zero-order chi connectivity index (χ0) is 25.1. The number of carbonyl (C=O) groups excluding carboxylic acids is 4. The number of hydrogen-bond donors (Lipinski definition) is 2. The molecule has 1 aliphatic rings. The van der Waals surface area contributed by atoms with Crippen LogP contribution in [-0.4, -0.2) is 58.3 Å². The SMILES string of the molecule is COC(=O)[C@@H](Nc1nc(CNC(=O)CN2C(=O)c3ccccc3C2=O)nc2ccccc12)C(C)C. The van der Waals surface area contributed by atoms with Crippen LogP contribution in [0.1, 0.15) is 40.4 Å². The maximum absolute atomic E-state index is 12.6. The molecule has 0 aliphatic carbocycles. The maximum Gasteiger partial charge on any atom is 0.328 e. The average Bonchev–Trinajstić information content (AvgIpc) is 3.10. The van der Waals surface area contributed by atoms with Crippen molar-refractivity contribution >= 4 is 40.4 Å². The molecule has 180 valence electrons. The van der Waals surface area contributed by atoms with Gasteiger partial charge in [0.1, 0.15) is 18.4 Å². The smallest absolute Gasteiger partial charge is 0.328 e. The van der Waals surface area contributed by atoms with Crippen molar-refractivity contribution in [2.24, 2.45) is 5.92 Å². The van der Waals surface area contributed by atoms with Crippen LogP contribution in [-0.2, 0) is 20.9 Å². The van der Waals surface area contributed by atoms with E-state index >= 15 is 0 Å². The second-order valence-corrected chi connectivity index (χ2v) is 8.41. The van der Waals surface area contributed by atoms with E-state index in [1.165, 1.54) is 7.11 Å². The van der Waals surface area contributed by atoms with Crippen molar-refractivity contribution in [2.75, 3.05) is 19.0 Å². The number of anilines is 1. The van der Waals surface area contributed by atoms with Crippen molar-refractivity contribution in [2.45, 2.75) is 26.4 Å². The van der Waals surface area contributed by atoms with Crippen molar-refractivity contribution in [1.29, 1.82) is 0 Å².